The molecule has 2 rings (SSSR count). The van der Waals surface area contributed by atoms with E-state index in [-0.39, 0.29) is 0 Å². The Morgan fingerprint density at radius 3 is 2.00 bits per heavy atom. The summed E-state index contributed by atoms with van der Waals surface area (Å²) >= 11 is 0. The molecule has 1 heteroatoms. The van der Waals surface area contributed by atoms with E-state index in [4.69, 9.17) is 0 Å². The maximum Gasteiger partial charge on any atom is 0.0270 e. The van der Waals surface area contributed by atoms with E-state index in [2.05, 4.69) is 68.2 Å². The first-order valence-electron chi connectivity index (χ1n) is 9.15. The molecule has 124 valence electrons. The predicted octanol–water partition coefficient (Wildman–Crippen LogP) is 6.58. The topological polar surface area (TPSA) is 12.9 Å². The van der Waals surface area contributed by atoms with Crippen LogP contribution in [0.5, 0.6) is 0 Å². The molecule has 1 nitrogen and oxygen atoms in total. The van der Waals surface area contributed by atoms with Gasteiger partial charge in [0.05, 0.1) is 0 Å². The number of benzene rings is 1. The van der Waals surface area contributed by atoms with E-state index in [1.54, 1.807) is 0 Å². The van der Waals surface area contributed by atoms with Crippen LogP contribution in [0.15, 0.2) is 54.9 Å². The third-order valence-corrected chi connectivity index (χ3v) is 4.75. The molecule has 0 bridgehead atoms. The highest BCUT2D eigenvalue weighted by Crippen LogP contribution is 2.36. The molecule has 2 aromatic rings. The van der Waals surface area contributed by atoms with E-state index in [1.807, 2.05) is 12.4 Å². The fourth-order valence-corrected chi connectivity index (χ4v) is 3.43. The number of pyridine rings is 1. The first kappa shape index (κ1) is 17.7. The second-order valence-corrected chi connectivity index (χ2v) is 7.08. The summed E-state index contributed by atoms with van der Waals surface area (Å²) in [7, 11) is 0. The molecular formula is C22H31N. The zero-order chi connectivity index (χ0) is 16.5. The lowest BCUT2D eigenvalue weighted by Gasteiger charge is -2.25. The van der Waals surface area contributed by atoms with E-state index < -0.39 is 0 Å². The number of hydrogen-bond acceptors (Lipinski definition) is 1. The Kier molecular flexibility index (Phi) is 7.32. The molecular weight excluding hydrogens is 278 g/mol. The lowest BCUT2D eigenvalue weighted by atomic mass is 9.80. The van der Waals surface area contributed by atoms with Gasteiger partial charge in [-0.1, -0.05) is 63.9 Å². The van der Waals surface area contributed by atoms with Crippen LogP contribution < -0.4 is 0 Å². The van der Waals surface area contributed by atoms with Crippen LogP contribution in [0.3, 0.4) is 0 Å². The van der Waals surface area contributed by atoms with Crippen molar-refractivity contribution < 1.29 is 0 Å². The molecule has 0 saturated heterocycles. The van der Waals surface area contributed by atoms with Gasteiger partial charge in [0.25, 0.3) is 0 Å². The summed E-state index contributed by atoms with van der Waals surface area (Å²) in [6.45, 7) is 6.95. The molecule has 0 saturated carbocycles. The molecule has 0 spiro atoms. The highest BCUT2D eigenvalue weighted by atomic mass is 14.6. The van der Waals surface area contributed by atoms with Gasteiger partial charge in [-0.15, -0.1) is 0 Å². The maximum atomic E-state index is 4.18. The van der Waals surface area contributed by atoms with Crippen molar-refractivity contribution in [3.63, 3.8) is 0 Å². The lowest BCUT2D eigenvalue weighted by molar-refractivity contribution is 0.437. The quantitative estimate of drug-likeness (QED) is 0.510. The van der Waals surface area contributed by atoms with Crippen LogP contribution in [-0.2, 0) is 0 Å². The summed E-state index contributed by atoms with van der Waals surface area (Å²) in [5.41, 5.74) is 2.95. The minimum Gasteiger partial charge on any atom is -0.265 e. The van der Waals surface area contributed by atoms with Crippen molar-refractivity contribution in [2.24, 2.45) is 5.92 Å². The van der Waals surface area contributed by atoms with Gasteiger partial charge < -0.3 is 0 Å². The number of nitrogens with zero attached hydrogens (tertiary/aromatic N) is 1. The zero-order valence-corrected chi connectivity index (χ0v) is 14.9. The van der Waals surface area contributed by atoms with Gasteiger partial charge >= 0.3 is 0 Å². The molecule has 0 aliphatic rings. The average Bonchev–Trinajstić information content (AvgIpc) is 2.59. The summed E-state index contributed by atoms with van der Waals surface area (Å²) in [5.74, 6) is 2.07. The van der Waals surface area contributed by atoms with E-state index in [0.717, 1.165) is 5.92 Å². The van der Waals surface area contributed by atoms with E-state index in [9.17, 15) is 0 Å². The summed E-state index contributed by atoms with van der Waals surface area (Å²) in [5, 5.41) is 0. The van der Waals surface area contributed by atoms with Crippen molar-refractivity contribution in [1.82, 2.24) is 4.98 Å². The molecule has 0 radical (unpaired) electrons. The van der Waals surface area contributed by atoms with Crippen LogP contribution in [0.4, 0.5) is 0 Å². The number of rotatable bonds is 9. The molecule has 2 atom stereocenters. The Bertz CT molecular complexity index is 532. The summed E-state index contributed by atoms with van der Waals surface area (Å²) in [6, 6.07) is 15.5. The molecule has 0 aliphatic heterocycles. The Morgan fingerprint density at radius 2 is 1.39 bits per heavy atom. The van der Waals surface area contributed by atoms with Gasteiger partial charge in [-0.25, -0.2) is 0 Å². The van der Waals surface area contributed by atoms with Crippen LogP contribution in [0.1, 0.15) is 75.8 Å². The molecule has 23 heavy (non-hydrogen) atoms. The lowest BCUT2D eigenvalue weighted by Crippen LogP contribution is -2.08. The van der Waals surface area contributed by atoms with Crippen LogP contribution in [0, 0.1) is 5.92 Å². The minimum absolute atomic E-state index is 0.639. The molecule has 2 unspecified atom stereocenters. The van der Waals surface area contributed by atoms with Gasteiger partial charge in [-0.3, -0.25) is 4.98 Å². The molecule has 0 amide bonds. The smallest absolute Gasteiger partial charge is 0.0270 e. The molecule has 1 heterocycles. The highest BCUT2D eigenvalue weighted by Gasteiger charge is 2.19. The van der Waals surface area contributed by atoms with E-state index >= 15 is 0 Å². The third-order valence-electron chi connectivity index (χ3n) is 4.75. The average molecular weight is 309 g/mol. The molecule has 0 N–H and O–H groups in total. The largest absolute Gasteiger partial charge is 0.265 e. The minimum atomic E-state index is 0.639. The van der Waals surface area contributed by atoms with E-state index in [0.29, 0.717) is 11.8 Å². The van der Waals surface area contributed by atoms with Crippen LogP contribution in [0.2, 0.25) is 0 Å². The van der Waals surface area contributed by atoms with Gasteiger partial charge in [0.2, 0.25) is 0 Å². The molecule has 1 aromatic carbocycles. The van der Waals surface area contributed by atoms with E-state index in [1.165, 1.54) is 43.2 Å². The molecule has 0 fully saturated rings. The molecule has 0 aliphatic carbocycles. The molecule has 1 aromatic heterocycles. The van der Waals surface area contributed by atoms with Crippen molar-refractivity contribution in [3.05, 3.63) is 66.0 Å². The van der Waals surface area contributed by atoms with Crippen molar-refractivity contribution in [3.8, 4) is 0 Å². The second kappa shape index (κ2) is 9.50. The van der Waals surface area contributed by atoms with Gasteiger partial charge in [0, 0.05) is 12.4 Å². The first-order chi connectivity index (χ1) is 11.2. The number of aromatic nitrogens is 1. The Morgan fingerprint density at radius 1 is 0.783 bits per heavy atom. The summed E-state index contributed by atoms with van der Waals surface area (Å²) in [4.78, 5) is 4.18. The van der Waals surface area contributed by atoms with Gasteiger partial charge in [-0.05, 0) is 60.3 Å². The van der Waals surface area contributed by atoms with Crippen LogP contribution >= 0.6 is 0 Å². The van der Waals surface area contributed by atoms with Gasteiger partial charge in [-0.2, -0.15) is 0 Å². The van der Waals surface area contributed by atoms with Gasteiger partial charge in [0.15, 0.2) is 0 Å². The predicted molar refractivity (Wildman–Crippen MR) is 99.8 cm³/mol. The van der Waals surface area contributed by atoms with Gasteiger partial charge in [0.1, 0.15) is 0 Å². The first-order valence-corrected chi connectivity index (χ1v) is 9.15. The Hall–Kier alpha value is -1.63. The van der Waals surface area contributed by atoms with Crippen molar-refractivity contribution >= 4 is 0 Å². The Labute approximate surface area is 142 Å². The van der Waals surface area contributed by atoms with Crippen LogP contribution in [-0.4, -0.2) is 4.98 Å². The summed E-state index contributed by atoms with van der Waals surface area (Å²) in [6.07, 6.45) is 10.2. The highest BCUT2D eigenvalue weighted by molar-refractivity contribution is 5.22. The monoisotopic (exact) mass is 309 g/mol. The fourth-order valence-electron chi connectivity index (χ4n) is 3.43. The SMILES string of the molecule is CCCC(CC(CCC(C)C)c1ccccc1)c1ccncc1. The van der Waals surface area contributed by atoms with Crippen LogP contribution in [0.25, 0.3) is 0 Å². The summed E-state index contributed by atoms with van der Waals surface area (Å²) < 4.78 is 0. The normalized spacial score (nSPS) is 13.9. The second-order valence-electron chi connectivity index (χ2n) is 7.08. The standard InChI is InChI=1S/C22H31N/c1-4-8-21(20-13-15-23-16-14-20)17-22(12-11-18(2)3)19-9-6-5-7-10-19/h5-7,9-10,13-16,18,21-22H,4,8,11-12,17H2,1-3H3. The Balaban J connectivity index is 2.16. The van der Waals surface area contributed by atoms with Crippen molar-refractivity contribution in [2.45, 2.75) is 64.7 Å². The van der Waals surface area contributed by atoms with Crippen molar-refractivity contribution in [1.29, 1.82) is 0 Å². The maximum absolute atomic E-state index is 4.18. The third kappa shape index (κ3) is 5.82. The van der Waals surface area contributed by atoms with Crippen molar-refractivity contribution in [2.75, 3.05) is 0 Å². The zero-order valence-electron chi connectivity index (χ0n) is 14.9. The fraction of sp³-hybridized carbons (Fsp3) is 0.500. The number of hydrogen-bond donors (Lipinski definition) is 0.